The van der Waals surface area contributed by atoms with Gasteiger partial charge in [-0.1, -0.05) is 60.7 Å². The Hall–Kier alpha value is -4.71. The van der Waals surface area contributed by atoms with Crippen molar-refractivity contribution < 1.29 is 14.3 Å². The van der Waals surface area contributed by atoms with Crippen LogP contribution in [0.2, 0.25) is 0 Å². The lowest BCUT2D eigenvalue weighted by Gasteiger charge is -2.36. The first-order valence-electron chi connectivity index (χ1n) is 12.4. The number of piperazine rings is 1. The summed E-state index contributed by atoms with van der Waals surface area (Å²) in [5, 5.41) is 1.75. The molecule has 37 heavy (non-hydrogen) atoms. The monoisotopic (exact) mass is 487 g/mol. The van der Waals surface area contributed by atoms with Gasteiger partial charge in [-0.3, -0.25) is 4.79 Å². The van der Waals surface area contributed by atoms with Gasteiger partial charge in [0.1, 0.15) is 5.75 Å². The van der Waals surface area contributed by atoms with E-state index in [1.807, 2.05) is 89.8 Å². The van der Waals surface area contributed by atoms with E-state index in [2.05, 4.69) is 4.90 Å². The van der Waals surface area contributed by atoms with E-state index >= 15 is 0 Å². The van der Waals surface area contributed by atoms with Crippen molar-refractivity contribution in [1.29, 1.82) is 0 Å². The molecular weight excluding hydrogens is 462 g/mol. The highest BCUT2D eigenvalue weighted by Gasteiger charge is 2.26. The second-order valence-electron chi connectivity index (χ2n) is 9.05. The minimum atomic E-state index is -0.384. The van der Waals surface area contributed by atoms with Crippen molar-refractivity contribution in [1.82, 2.24) is 9.88 Å². The summed E-state index contributed by atoms with van der Waals surface area (Å²) in [6.45, 7) is 2.56. The van der Waals surface area contributed by atoms with Crippen LogP contribution in [0.4, 0.5) is 5.69 Å². The van der Waals surface area contributed by atoms with E-state index in [-0.39, 0.29) is 11.9 Å². The Bertz CT molecular complexity index is 1550. The molecule has 0 aliphatic carbocycles. The summed E-state index contributed by atoms with van der Waals surface area (Å²) in [7, 11) is 0. The maximum Gasteiger partial charge on any atom is 0.343 e. The lowest BCUT2D eigenvalue weighted by atomic mass is 10.0. The number of hydrogen-bond donors (Lipinski definition) is 0. The molecule has 0 N–H and O–H groups in total. The third-order valence-electron chi connectivity index (χ3n) is 6.77. The minimum Gasteiger partial charge on any atom is -0.423 e. The zero-order chi connectivity index (χ0) is 25.2. The summed E-state index contributed by atoms with van der Waals surface area (Å²) in [4.78, 5) is 35.1. The number of anilines is 1. The molecule has 182 valence electrons. The Morgan fingerprint density at radius 3 is 1.97 bits per heavy atom. The van der Waals surface area contributed by atoms with Gasteiger partial charge in [-0.15, -0.1) is 0 Å². The Morgan fingerprint density at radius 2 is 1.30 bits per heavy atom. The second kappa shape index (κ2) is 9.74. The van der Waals surface area contributed by atoms with Crippen LogP contribution in [0.3, 0.4) is 0 Å². The molecule has 4 aromatic carbocycles. The molecule has 0 radical (unpaired) electrons. The molecule has 0 bridgehead atoms. The van der Waals surface area contributed by atoms with Crippen molar-refractivity contribution in [3.8, 4) is 5.75 Å². The Labute approximate surface area is 214 Å². The molecule has 1 saturated heterocycles. The van der Waals surface area contributed by atoms with E-state index in [0.29, 0.717) is 43.1 Å². The first kappa shape index (κ1) is 22.7. The summed E-state index contributed by atoms with van der Waals surface area (Å²) < 4.78 is 5.59. The van der Waals surface area contributed by atoms with Gasteiger partial charge in [0.25, 0.3) is 5.91 Å². The van der Waals surface area contributed by atoms with E-state index in [1.54, 1.807) is 18.2 Å². The van der Waals surface area contributed by atoms with E-state index in [0.717, 1.165) is 27.5 Å². The molecule has 6 rings (SSSR count). The molecule has 1 aliphatic rings. The van der Waals surface area contributed by atoms with Crippen molar-refractivity contribution in [2.75, 3.05) is 31.1 Å². The topological polar surface area (TPSA) is 62.7 Å². The highest BCUT2D eigenvalue weighted by Crippen LogP contribution is 2.28. The zero-order valence-corrected chi connectivity index (χ0v) is 20.2. The number of carbonyl (C=O) groups is 2. The average molecular weight is 488 g/mol. The first-order valence-corrected chi connectivity index (χ1v) is 12.4. The number of aromatic nitrogens is 1. The summed E-state index contributed by atoms with van der Waals surface area (Å²) >= 11 is 0. The van der Waals surface area contributed by atoms with Crippen LogP contribution in [0.15, 0.2) is 103 Å². The zero-order valence-electron chi connectivity index (χ0n) is 20.2. The number of carbonyl (C=O) groups excluding carboxylic acids is 2. The SMILES string of the molecule is O=C(Oc1cccc(N2CCN(C(=O)c3c4ccccc4nc4ccccc34)CC2)c1)c1ccccc1. The van der Waals surface area contributed by atoms with Gasteiger partial charge in [-0.25, -0.2) is 9.78 Å². The predicted molar refractivity (Wildman–Crippen MR) is 145 cm³/mol. The molecule has 0 saturated carbocycles. The van der Waals surface area contributed by atoms with Gasteiger partial charge in [-0.05, 0) is 36.4 Å². The number of amides is 1. The smallest absolute Gasteiger partial charge is 0.343 e. The normalized spacial score (nSPS) is 13.6. The van der Waals surface area contributed by atoms with Gasteiger partial charge >= 0.3 is 5.97 Å². The van der Waals surface area contributed by atoms with E-state index in [9.17, 15) is 9.59 Å². The quantitative estimate of drug-likeness (QED) is 0.188. The van der Waals surface area contributed by atoms with Crippen molar-refractivity contribution in [3.63, 3.8) is 0 Å². The summed E-state index contributed by atoms with van der Waals surface area (Å²) in [5.74, 6) is 0.143. The molecule has 6 heteroatoms. The van der Waals surface area contributed by atoms with E-state index < -0.39 is 0 Å². The van der Waals surface area contributed by atoms with Gasteiger partial charge in [0.15, 0.2) is 0 Å². The standard InChI is InChI=1S/C31H25N3O3/c35-30(29-25-13-4-6-15-27(25)32-28-16-7-5-14-26(28)29)34-19-17-33(18-20-34)23-11-8-12-24(21-23)37-31(36)22-9-2-1-3-10-22/h1-16,21H,17-20H2. The third kappa shape index (κ3) is 4.49. The van der Waals surface area contributed by atoms with Crippen molar-refractivity contribution >= 4 is 39.4 Å². The number of esters is 1. The maximum absolute atomic E-state index is 13.8. The fourth-order valence-corrected chi connectivity index (χ4v) is 4.88. The molecule has 2 heterocycles. The van der Waals surface area contributed by atoms with Crippen LogP contribution in [0, 0.1) is 0 Å². The maximum atomic E-state index is 13.8. The van der Waals surface area contributed by atoms with Crippen LogP contribution in [0.1, 0.15) is 20.7 Å². The average Bonchev–Trinajstić information content (AvgIpc) is 2.96. The number of fused-ring (bicyclic) bond motifs is 2. The summed E-state index contributed by atoms with van der Waals surface area (Å²) in [6.07, 6.45) is 0. The van der Waals surface area contributed by atoms with Crippen LogP contribution in [0.25, 0.3) is 21.8 Å². The van der Waals surface area contributed by atoms with E-state index in [1.165, 1.54) is 0 Å². The third-order valence-corrected chi connectivity index (χ3v) is 6.77. The second-order valence-corrected chi connectivity index (χ2v) is 9.05. The van der Waals surface area contributed by atoms with Crippen LogP contribution < -0.4 is 9.64 Å². The predicted octanol–water partition coefficient (Wildman–Crippen LogP) is 5.57. The molecule has 0 spiro atoms. The van der Waals surface area contributed by atoms with Crippen LogP contribution in [-0.2, 0) is 0 Å². The van der Waals surface area contributed by atoms with Crippen LogP contribution >= 0.6 is 0 Å². The fraction of sp³-hybridized carbons (Fsp3) is 0.129. The Kier molecular flexibility index (Phi) is 5.98. The highest BCUT2D eigenvalue weighted by atomic mass is 16.5. The van der Waals surface area contributed by atoms with Crippen LogP contribution in [-0.4, -0.2) is 47.9 Å². The highest BCUT2D eigenvalue weighted by molar-refractivity contribution is 6.16. The van der Waals surface area contributed by atoms with E-state index in [4.69, 9.17) is 9.72 Å². The Balaban J connectivity index is 1.19. The lowest BCUT2D eigenvalue weighted by molar-refractivity contribution is 0.0729. The summed E-state index contributed by atoms with van der Waals surface area (Å²) in [6, 6.07) is 32.1. The Morgan fingerprint density at radius 1 is 0.676 bits per heavy atom. The van der Waals surface area contributed by atoms with Crippen molar-refractivity contribution in [2.24, 2.45) is 0 Å². The van der Waals surface area contributed by atoms with Crippen LogP contribution in [0.5, 0.6) is 5.75 Å². The number of para-hydroxylation sites is 2. The molecule has 1 aliphatic heterocycles. The van der Waals surface area contributed by atoms with Gasteiger partial charge in [0, 0.05) is 48.7 Å². The lowest BCUT2D eigenvalue weighted by Crippen LogP contribution is -2.48. The van der Waals surface area contributed by atoms with Crippen molar-refractivity contribution in [2.45, 2.75) is 0 Å². The number of nitrogens with zero attached hydrogens (tertiary/aromatic N) is 3. The molecule has 1 amide bonds. The molecular formula is C31H25N3O3. The van der Waals surface area contributed by atoms with Gasteiger partial charge in [0.2, 0.25) is 0 Å². The first-order chi connectivity index (χ1) is 18.2. The summed E-state index contributed by atoms with van der Waals surface area (Å²) in [5.41, 5.74) is 3.83. The molecule has 6 nitrogen and oxygen atoms in total. The van der Waals surface area contributed by atoms with Gasteiger partial charge in [0.05, 0.1) is 22.2 Å². The number of rotatable bonds is 4. The number of benzene rings is 4. The number of pyridine rings is 1. The van der Waals surface area contributed by atoms with Gasteiger partial charge < -0.3 is 14.5 Å². The molecule has 5 aromatic rings. The number of ether oxygens (including phenoxy) is 1. The molecule has 0 unspecified atom stereocenters. The molecule has 1 aromatic heterocycles. The van der Waals surface area contributed by atoms with Crippen molar-refractivity contribution in [3.05, 3.63) is 114 Å². The minimum absolute atomic E-state index is 0.0278. The fourth-order valence-electron chi connectivity index (χ4n) is 4.88. The largest absolute Gasteiger partial charge is 0.423 e. The molecule has 1 fully saturated rings. The number of hydrogen-bond acceptors (Lipinski definition) is 5. The van der Waals surface area contributed by atoms with Gasteiger partial charge in [-0.2, -0.15) is 0 Å². The molecule has 0 atom stereocenters.